The van der Waals surface area contributed by atoms with Gasteiger partial charge < -0.3 is 9.47 Å². The molecular weight excluding hydrogens is 258 g/mol. The number of amides is 2. The number of nitrogens with zero attached hydrogens (tertiary/aromatic N) is 1. The molecule has 0 spiro atoms. The summed E-state index contributed by atoms with van der Waals surface area (Å²) in [4.78, 5) is 35.7. The Bertz CT molecular complexity index is 347. The smallest absolute Gasteiger partial charge is 0.331 e. The van der Waals surface area contributed by atoms with Crippen molar-refractivity contribution < 1.29 is 23.9 Å². The van der Waals surface area contributed by atoms with Crippen LogP contribution in [0, 0.1) is 0 Å². The molecular formula is C11H17NO5S. The molecule has 0 unspecified atom stereocenters. The number of ether oxygens (including phenoxy) is 2. The Balaban J connectivity index is 2.81. The molecule has 1 aliphatic rings. The average Bonchev–Trinajstić information content (AvgIpc) is 2.59. The number of carbonyl (C=O) groups is 3. The van der Waals surface area contributed by atoms with Crippen LogP contribution >= 0.6 is 11.8 Å². The quantitative estimate of drug-likeness (QED) is 0.714. The van der Waals surface area contributed by atoms with E-state index in [1.165, 1.54) is 7.11 Å². The van der Waals surface area contributed by atoms with Crippen LogP contribution in [-0.4, -0.2) is 53.1 Å². The second-order valence-electron chi connectivity index (χ2n) is 4.78. The minimum atomic E-state index is -1.01. The van der Waals surface area contributed by atoms with Crippen molar-refractivity contribution in [2.75, 3.05) is 19.5 Å². The Morgan fingerprint density at radius 3 is 2.44 bits per heavy atom. The predicted molar refractivity (Wildman–Crippen MR) is 66.2 cm³/mol. The van der Waals surface area contributed by atoms with E-state index in [-0.39, 0.29) is 12.4 Å². The maximum absolute atomic E-state index is 11.6. The lowest BCUT2D eigenvalue weighted by Crippen LogP contribution is -2.48. The van der Waals surface area contributed by atoms with Crippen LogP contribution in [-0.2, 0) is 19.1 Å². The van der Waals surface area contributed by atoms with Gasteiger partial charge in [-0.15, -0.1) is 0 Å². The minimum Gasteiger partial charge on any atom is -0.467 e. The molecule has 1 atom stereocenters. The van der Waals surface area contributed by atoms with Gasteiger partial charge in [0.1, 0.15) is 0 Å². The maximum atomic E-state index is 11.6. The first-order chi connectivity index (χ1) is 8.26. The first-order valence-electron chi connectivity index (χ1n) is 5.47. The molecule has 18 heavy (non-hydrogen) atoms. The lowest BCUT2D eigenvalue weighted by atomic mass is 10.2. The fraction of sp³-hybridized carbons (Fsp3) is 0.727. The zero-order valence-corrected chi connectivity index (χ0v) is 11.7. The highest BCUT2D eigenvalue weighted by Crippen LogP contribution is 2.23. The summed E-state index contributed by atoms with van der Waals surface area (Å²) < 4.78 is 10.1. The van der Waals surface area contributed by atoms with Crippen LogP contribution < -0.4 is 0 Å². The van der Waals surface area contributed by atoms with Crippen LogP contribution in [0.1, 0.15) is 20.8 Å². The molecule has 0 N–H and O–H groups in total. The molecule has 0 aromatic heterocycles. The van der Waals surface area contributed by atoms with E-state index in [1.807, 2.05) is 20.8 Å². The van der Waals surface area contributed by atoms with Crippen molar-refractivity contribution in [1.29, 1.82) is 0 Å². The standard InChI is InChI=1S/C11H17NO5S/c1-11(2,3)17-5-7(9(14)16-4)12-8(13)6-18-10(12)15/h7H,5-6H2,1-4H3/t7-/m1/s1. The molecule has 0 aliphatic carbocycles. The van der Waals surface area contributed by atoms with Crippen LogP contribution in [0.25, 0.3) is 0 Å². The van der Waals surface area contributed by atoms with Crippen molar-refractivity contribution in [3.05, 3.63) is 0 Å². The zero-order valence-electron chi connectivity index (χ0n) is 10.9. The van der Waals surface area contributed by atoms with Gasteiger partial charge in [-0.1, -0.05) is 11.8 Å². The van der Waals surface area contributed by atoms with Crippen molar-refractivity contribution in [1.82, 2.24) is 4.90 Å². The Morgan fingerprint density at radius 2 is 2.06 bits per heavy atom. The Morgan fingerprint density at radius 1 is 1.44 bits per heavy atom. The van der Waals surface area contributed by atoms with Crippen molar-refractivity contribution in [3.63, 3.8) is 0 Å². The van der Waals surface area contributed by atoms with Gasteiger partial charge in [0.2, 0.25) is 5.91 Å². The van der Waals surface area contributed by atoms with Crippen molar-refractivity contribution in [2.24, 2.45) is 0 Å². The number of hydrogen-bond acceptors (Lipinski definition) is 6. The van der Waals surface area contributed by atoms with Crippen LogP contribution in [0.3, 0.4) is 0 Å². The first-order valence-corrected chi connectivity index (χ1v) is 6.45. The SMILES string of the molecule is COC(=O)[C@@H](COC(C)(C)C)N1C(=O)CSC1=O. The van der Waals surface area contributed by atoms with Gasteiger partial charge in [0, 0.05) is 0 Å². The summed E-state index contributed by atoms with van der Waals surface area (Å²) in [5.41, 5.74) is -0.467. The molecule has 0 radical (unpaired) electrons. The molecule has 6 nitrogen and oxygen atoms in total. The third kappa shape index (κ3) is 3.71. The lowest BCUT2D eigenvalue weighted by Gasteiger charge is -2.27. The summed E-state index contributed by atoms with van der Waals surface area (Å²) in [5.74, 6) is -0.983. The number of thioether (sulfide) groups is 1. The van der Waals surface area contributed by atoms with Crippen molar-refractivity contribution in [2.45, 2.75) is 32.4 Å². The normalized spacial score (nSPS) is 18.1. The zero-order chi connectivity index (χ0) is 13.9. The van der Waals surface area contributed by atoms with E-state index in [9.17, 15) is 14.4 Å². The number of imide groups is 1. The maximum Gasteiger partial charge on any atom is 0.331 e. The van der Waals surface area contributed by atoms with E-state index in [0.717, 1.165) is 16.7 Å². The Hall–Kier alpha value is -1.08. The van der Waals surface area contributed by atoms with Gasteiger partial charge in [0.05, 0.1) is 25.1 Å². The van der Waals surface area contributed by atoms with Gasteiger partial charge in [-0.05, 0) is 20.8 Å². The van der Waals surface area contributed by atoms with E-state index in [2.05, 4.69) is 4.74 Å². The number of carbonyl (C=O) groups excluding carboxylic acids is 3. The fourth-order valence-corrected chi connectivity index (χ4v) is 2.13. The second kappa shape index (κ2) is 5.71. The largest absolute Gasteiger partial charge is 0.467 e. The molecule has 1 saturated heterocycles. The third-order valence-electron chi connectivity index (χ3n) is 2.24. The first kappa shape index (κ1) is 15.0. The summed E-state index contributed by atoms with van der Waals surface area (Å²) in [5, 5.41) is -0.437. The molecule has 1 rings (SSSR count). The molecule has 0 aromatic rings. The van der Waals surface area contributed by atoms with Crippen LogP contribution in [0.15, 0.2) is 0 Å². The molecule has 1 aliphatic heterocycles. The highest BCUT2D eigenvalue weighted by molar-refractivity contribution is 8.14. The summed E-state index contributed by atoms with van der Waals surface area (Å²) in [6, 6.07) is -1.01. The summed E-state index contributed by atoms with van der Waals surface area (Å²) in [6.07, 6.45) is 0. The van der Waals surface area contributed by atoms with E-state index < -0.39 is 28.8 Å². The molecule has 2 amide bonds. The van der Waals surface area contributed by atoms with Gasteiger partial charge >= 0.3 is 5.97 Å². The summed E-state index contributed by atoms with van der Waals surface area (Å²) in [7, 11) is 1.21. The molecule has 102 valence electrons. The fourth-order valence-electron chi connectivity index (χ4n) is 1.38. The average molecular weight is 275 g/mol. The molecule has 0 bridgehead atoms. The van der Waals surface area contributed by atoms with E-state index in [1.54, 1.807) is 0 Å². The van der Waals surface area contributed by atoms with E-state index >= 15 is 0 Å². The number of esters is 1. The van der Waals surface area contributed by atoms with Crippen molar-refractivity contribution in [3.8, 4) is 0 Å². The van der Waals surface area contributed by atoms with Gasteiger partial charge in [-0.3, -0.25) is 14.5 Å². The number of rotatable bonds is 4. The minimum absolute atomic E-state index is 0.0574. The summed E-state index contributed by atoms with van der Waals surface area (Å²) >= 11 is 0.877. The predicted octanol–water partition coefficient (Wildman–Crippen LogP) is 1.04. The number of hydrogen-bond donors (Lipinski definition) is 0. The van der Waals surface area contributed by atoms with E-state index in [0.29, 0.717) is 0 Å². The van der Waals surface area contributed by atoms with E-state index in [4.69, 9.17) is 4.74 Å². The highest BCUT2D eigenvalue weighted by atomic mass is 32.2. The molecule has 1 fully saturated rings. The van der Waals surface area contributed by atoms with Crippen LogP contribution in [0.4, 0.5) is 4.79 Å². The van der Waals surface area contributed by atoms with Crippen LogP contribution in [0.5, 0.6) is 0 Å². The summed E-state index contributed by atoms with van der Waals surface area (Å²) in [6.45, 7) is 5.41. The van der Waals surface area contributed by atoms with Crippen molar-refractivity contribution >= 4 is 28.9 Å². The molecule has 0 aromatic carbocycles. The van der Waals surface area contributed by atoms with Crippen LogP contribution in [0.2, 0.25) is 0 Å². The highest BCUT2D eigenvalue weighted by Gasteiger charge is 2.40. The van der Waals surface area contributed by atoms with Gasteiger partial charge in [-0.25, -0.2) is 4.79 Å². The molecule has 0 saturated carbocycles. The monoisotopic (exact) mass is 275 g/mol. The molecule has 1 heterocycles. The number of methoxy groups -OCH3 is 1. The van der Waals surface area contributed by atoms with Gasteiger partial charge in [-0.2, -0.15) is 0 Å². The Kier molecular flexibility index (Phi) is 4.75. The second-order valence-corrected chi connectivity index (χ2v) is 5.71. The lowest BCUT2D eigenvalue weighted by molar-refractivity contribution is -0.153. The van der Waals surface area contributed by atoms with Gasteiger partial charge in [0.25, 0.3) is 5.24 Å². The topological polar surface area (TPSA) is 72.9 Å². The Labute approximate surface area is 110 Å². The third-order valence-corrected chi connectivity index (χ3v) is 3.08. The van der Waals surface area contributed by atoms with Gasteiger partial charge in [0.15, 0.2) is 6.04 Å². The molecule has 7 heteroatoms.